The number of benzene rings is 1. The fourth-order valence-electron chi connectivity index (χ4n) is 2.92. The Labute approximate surface area is 201 Å². The Hall–Kier alpha value is -3.75. The molecule has 0 aromatic heterocycles. The van der Waals surface area contributed by atoms with Crippen LogP contribution in [-0.2, 0) is 25.6 Å². The zero-order valence-corrected chi connectivity index (χ0v) is 19.1. The highest BCUT2D eigenvalue weighted by molar-refractivity contribution is 5.94. The molecule has 0 spiro atoms. The monoisotopic (exact) mass is 495 g/mol. The molecule has 35 heavy (non-hydrogen) atoms. The van der Waals surface area contributed by atoms with Crippen LogP contribution in [0.25, 0.3) is 0 Å². The summed E-state index contributed by atoms with van der Waals surface area (Å²) in [7, 11) is 0. The maximum absolute atomic E-state index is 12.9. The van der Waals surface area contributed by atoms with Gasteiger partial charge in [-0.05, 0) is 18.4 Å². The number of rotatable bonds is 15. The number of carboxylic acid groups (broad SMARTS) is 1. The Morgan fingerprint density at radius 3 is 1.97 bits per heavy atom. The normalized spacial score (nSPS) is 14.0. The van der Waals surface area contributed by atoms with Crippen molar-refractivity contribution in [2.24, 2.45) is 22.2 Å². The molecule has 194 valence electrons. The van der Waals surface area contributed by atoms with Gasteiger partial charge >= 0.3 is 5.97 Å². The molecule has 1 aromatic rings. The van der Waals surface area contributed by atoms with Crippen molar-refractivity contribution in [2.45, 2.75) is 43.4 Å². The van der Waals surface area contributed by atoms with Crippen molar-refractivity contribution < 1.29 is 34.5 Å². The van der Waals surface area contributed by atoms with Gasteiger partial charge < -0.3 is 48.5 Å². The summed E-state index contributed by atoms with van der Waals surface area (Å²) in [5.41, 5.74) is 16.6. The maximum Gasteiger partial charge on any atom is 0.326 e. The summed E-state index contributed by atoms with van der Waals surface area (Å²) in [6, 6.07) is 3.38. The highest BCUT2D eigenvalue weighted by Crippen LogP contribution is 2.05. The second-order valence-corrected chi connectivity index (χ2v) is 7.63. The number of amides is 3. The molecule has 4 unspecified atom stereocenters. The van der Waals surface area contributed by atoms with E-state index in [-0.39, 0.29) is 31.8 Å². The van der Waals surface area contributed by atoms with Gasteiger partial charge in [0, 0.05) is 13.0 Å². The van der Waals surface area contributed by atoms with Crippen LogP contribution < -0.4 is 33.2 Å². The second-order valence-electron chi connectivity index (χ2n) is 7.63. The highest BCUT2D eigenvalue weighted by atomic mass is 16.4. The first-order valence-electron chi connectivity index (χ1n) is 10.8. The van der Waals surface area contributed by atoms with E-state index in [0.717, 1.165) is 0 Å². The average molecular weight is 496 g/mol. The van der Waals surface area contributed by atoms with E-state index in [0.29, 0.717) is 5.56 Å². The lowest BCUT2D eigenvalue weighted by molar-refractivity contribution is -0.142. The summed E-state index contributed by atoms with van der Waals surface area (Å²) in [5.74, 6) is -4.02. The number of carboxylic acids is 1. The number of nitrogens with two attached hydrogens (primary N) is 3. The molecular weight excluding hydrogens is 462 g/mol. The lowest BCUT2D eigenvalue weighted by Crippen LogP contribution is -2.58. The quantitative estimate of drug-likeness (QED) is 0.0649. The minimum Gasteiger partial charge on any atom is -0.480 e. The third-order valence-corrected chi connectivity index (χ3v) is 4.82. The molecule has 0 saturated carbocycles. The van der Waals surface area contributed by atoms with Crippen LogP contribution in [0.5, 0.6) is 0 Å². The van der Waals surface area contributed by atoms with Crippen LogP contribution in [0.4, 0.5) is 0 Å². The van der Waals surface area contributed by atoms with Gasteiger partial charge in [0.1, 0.15) is 24.2 Å². The Balaban J connectivity index is 2.89. The number of hydrogen-bond acceptors (Lipinski definition) is 8. The minimum absolute atomic E-state index is 0.00428. The van der Waals surface area contributed by atoms with Gasteiger partial charge in [0.05, 0.1) is 13.2 Å². The van der Waals surface area contributed by atoms with Crippen molar-refractivity contribution in [3.05, 3.63) is 35.9 Å². The molecule has 0 aliphatic carbocycles. The molecule has 14 nitrogen and oxygen atoms in total. The van der Waals surface area contributed by atoms with Crippen LogP contribution >= 0.6 is 0 Å². The van der Waals surface area contributed by atoms with Crippen molar-refractivity contribution in [2.75, 3.05) is 19.8 Å². The summed E-state index contributed by atoms with van der Waals surface area (Å²) in [6.07, 6.45) is 0.274. The number of aliphatic imine (C=N–C) groups is 1. The van der Waals surface area contributed by atoms with Crippen LogP contribution in [0, 0.1) is 0 Å². The van der Waals surface area contributed by atoms with E-state index in [1.807, 2.05) is 0 Å². The maximum atomic E-state index is 12.9. The molecule has 0 aliphatic heterocycles. The average Bonchev–Trinajstić information content (AvgIpc) is 2.83. The molecule has 1 aromatic carbocycles. The van der Waals surface area contributed by atoms with Crippen LogP contribution in [-0.4, -0.2) is 88.9 Å². The van der Waals surface area contributed by atoms with Crippen molar-refractivity contribution in [1.29, 1.82) is 0 Å². The van der Waals surface area contributed by atoms with Gasteiger partial charge in [-0.3, -0.25) is 19.4 Å². The summed E-state index contributed by atoms with van der Waals surface area (Å²) in [6.45, 7) is -1.33. The molecule has 0 fully saturated rings. The van der Waals surface area contributed by atoms with Crippen LogP contribution in [0.2, 0.25) is 0 Å². The smallest absolute Gasteiger partial charge is 0.326 e. The molecule has 0 heterocycles. The number of nitrogens with zero attached hydrogens (tertiary/aromatic N) is 1. The first-order valence-corrected chi connectivity index (χ1v) is 10.8. The van der Waals surface area contributed by atoms with E-state index in [4.69, 9.17) is 22.3 Å². The number of guanidine groups is 1. The van der Waals surface area contributed by atoms with Gasteiger partial charge in [-0.2, -0.15) is 0 Å². The summed E-state index contributed by atoms with van der Waals surface area (Å²) < 4.78 is 0. The predicted molar refractivity (Wildman–Crippen MR) is 126 cm³/mol. The number of carbonyl (C=O) groups excluding carboxylic acids is 3. The molecule has 1 rings (SSSR count). The fourth-order valence-corrected chi connectivity index (χ4v) is 2.92. The van der Waals surface area contributed by atoms with Crippen LogP contribution in [0.1, 0.15) is 18.4 Å². The van der Waals surface area contributed by atoms with Crippen molar-refractivity contribution >= 4 is 29.7 Å². The molecule has 0 aliphatic rings. The van der Waals surface area contributed by atoms with E-state index in [9.17, 15) is 29.4 Å². The first-order chi connectivity index (χ1) is 16.6. The molecule has 3 amide bonds. The predicted octanol–water partition coefficient (Wildman–Crippen LogP) is -3.87. The second kappa shape index (κ2) is 15.2. The third-order valence-electron chi connectivity index (χ3n) is 4.82. The van der Waals surface area contributed by atoms with Crippen molar-refractivity contribution in [3.8, 4) is 0 Å². The summed E-state index contributed by atoms with van der Waals surface area (Å²) >= 11 is 0. The molecule has 4 atom stereocenters. The Bertz CT molecular complexity index is 878. The van der Waals surface area contributed by atoms with E-state index >= 15 is 0 Å². The van der Waals surface area contributed by atoms with Gasteiger partial charge in [-0.25, -0.2) is 4.79 Å². The Morgan fingerprint density at radius 1 is 0.857 bits per heavy atom. The number of nitrogens with one attached hydrogen (secondary N) is 3. The van der Waals surface area contributed by atoms with Gasteiger partial charge in [-0.1, -0.05) is 30.3 Å². The molecule has 12 N–H and O–H groups in total. The SMILES string of the molecule is NC(N)=NCCCC(NC(=O)C(CO)NC(=O)C(Cc1ccccc1)NC(=O)C(N)CO)C(=O)O. The Kier molecular flexibility index (Phi) is 12.7. The van der Waals surface area contributed by atoms with Crippen molar-refractivity contribution in [1.82, 2.24) is 16.0 Å². The lowest BCUT2D eigenvalue weighted by Gasteiger charge is -2.24. The number of hydrogen-bond donors (Lipinski definition) is 9. The molecule has 14 heteroatoms. The molecule has 0 radical (unpaired) electrons. The zero-order chi connectivity index (χ0) is 26.4. The lowest BCUT2D eigenvalue weighted by atomic mass is 10.0. The van der Waals surface area contributed by atoms with E-state index in [1.165, 1.54) is 0 Å². The number of carbonyl (C=O) groups is 4. The van der Waals surface area contributed by atoms with E-state index in [2.05, 4.69) is 20.9 Å². The number of aliphatic carboxylic acids is 1. The standard InChI is InChI=1S/C21H33N7O7/c22-13(10-29)17(31)27-15(9-12-5-2-1-3-6-12)18(32)28-16(11-30)19(33)26-14(20(34)35)7-4-8-25-21(23)24/h1-3,5-6,13-16,29-30H,4,7-11,22H2,(H,26,33)(H,27,31)(H,28,32)(H,34,35)(H4,23,24,25). The topological polar surface area (TPSA) is 255 Å². The van der Waals surface area contributed by atoms with E-state index in [1.54, 1.807) is 30.3 Å². The van der Waals surface area contributed by atoms with Crippen molar-refractivity contribution in [3.63, 3.8) is 0 Å². The molecular formula is C21H33N7O7. The van der Waals surface area contributed by atoms with E-state index < -0.39 is 61.1 Å². The summed E-state index contributed by atoms with van der Waals surface area (Å²) in [4.78, 5) is 52.8. The van der Waals surface area contributed by atoms with Gasteiger partial charge in [0.25, 0.3) is 0 Å². The van der Waals surface area contributed by atoms with Crippen LogP contribution in [0.3, 0.4) is 0 Å². The third kappa shape index (κ3) is 10.8. The van der Waals surface area contributed by atoms with Gasteiger partial charge in [-0.15, -0.1) is 0 Å². The molecule has 0 saturated heterocycles. The number of aliphatic hydroxyl groups is 2. The highest BCUT2D eigenvalue weighted by Gasteiger charge is 2.30. The molecule has 0 bridgehead atoms. The summed E-state index contributed by atoms with van der Waals surface area (Å²) in [5, 5.41) is 35.1. The zero-order valence-electron chi connectivity index (χ0n) is 19.1. The largest absolute Gasteiger partial charge is 0.480 e. The Morgan fingerprint density at radius 2 is 1.43 bits per heavy atom. The van der Waals surface area contributed by atoms with Gasteiger partial charge in [0.2, 0.25) is 17.7 Å². The number of aliphatic hydroxyl groups excluding tert-OH is 2. The van der Waals surface area contributed by atoms with Crippen LogP contribution in [0.15, 0.2) is 35.3 Å². The fraction of sp³-hybridized carbons (Fsp3) is 0.476. The van der Waals surface area contributed by atoms with Gasteiger partial charge in [0.15, 0.2) is 5.96 Å². The first kappa shape index (κ1) is 29.3. The minimum atomic E-state index is -1.50.